The number of ether oxygens (including phenoxy) is 1. The number of esters is 1. The molecule has 0 radical (unpaired) electrons. The van der Waals surface area contributed by atoms with Crippen LogP contribution < -0.4 is 5.32 Å². The number of furan rings is 1. The summed E-state index contributed by atoms with van der Waals surface area (Å²) in [6, 6.07) is 3.50. The SMILES string of the molecule is CCC[C@@H](C)NC(=O)COC(=O)/C=C/c1ccc(Br)o1. The molecule has 0 aliphatic carbocycles. The topological polar surface area (TPSA) is 68.5 Å². The summed E-state index contributed by atoms with van der Waals surface area (Å²) in [4.78, 5) is 22.9. The molecule has 1 atom stereocenters. The highest BCUT2D eigenvalue weighted by atomic mass is 79.9. The normalized spacial score (nSPS) is 12.3. The minimum atomic E-state index is -0.587. The van der Waals surface area contributed by atoms with Gasteiger partial charge in [-0.05, 0) is 47.5 Å². The number of halogens is 1. The molecule has 0 aromatic carbocycles. The third-order valence-corrected chi connectivity index (χ3v) is 2.88. The number of carbonyl (C=O) groups excluding carboxylic acids is 2. The summed E-state index contributed by atoms with van der Waals surface area (Å²) < 4.78 is 10.6. The first-order chi connectivity index (χ1) is 9.51. The molecule has 110 valence electrons. The lowest BCUT2D eigenvalue weighted by Crippen LogP contribution is -2.35. The second-order valence-corrected chi connectivity index (χ2v) is 5.12. The Bertz CT molecular complexity index is 481. The lowest BCUT2D eigenvalue weighted by atomic mass is 10.2. The highest BCUT2D eigenvalue weighted by molar-refractivity contribution is 9.10. The first-order valence-corrected chi connectivity index (χ1v) is 7.20. The molecule has 0 aliphatic heterocycles. The zero-order valence-electron chi connectivity index (χ0n) is 11.5. The molecule has 0 spiro atoms. The fraction of sp³-hybridized carbons (Fsp3) is 0.429. The van der Waals surface area contributed by atoms with E-state index in [2.05, 4.69) is 21.2 Å². The zero-order valence-corrected chi connectivity index (χ0v) is 13.1. The first kappa shape index (κ1) is 16.5. The molecule has 1 aromatic heterocycles. The molecule has 0 bridgehead atoms. The molecule has 1 amide bonds. The number of hydrogen-bond acceptors (Lipinski definition) is 4. The first-order valence-electron chi connectivity index (χ1n) is 6.40. The average molecular weight is 344 g/mol. The van der Waals surface area contributed by atoms with Crippen LogP contribution in [0.2, 0.25) is 0 Å². The van der Waals surface area contributed by atoms with E-state index in [9.17, 15) is 9.59 Å². The van der Waals surface area contributed by atoms with Gasteiger partial charge in [-0.25, -0.2) is 4.79 Å². The van der Waals surface area contributed by atoms with Crippen molar-refractivity contribution in [2.24, 2.45) is 0 Å². The van der Waals surface area contributed by atoms with Gasteiger partial charge in [0, 0.05) is 12.1 Å². The lowest BCUT2D eigenvalue weighted by molar-refractivity contribution is -0.144. The third-order valence-electron chi connectivity index (χ3n) is 2.45. The molecule has 1 N–H and O–H groups in total. The maximum absolute atomic E-state index is 11.5. The standard InChI is InChI=1S/C14H18BrNO4/c1-3-4-10(2)16-13(17)9-19-14(18)8-6-11-5-7-12(15)20-11/h5-8,10H,3-4,9H2,1-2H3,(H,16,17)/b8-6+/t10-/m1/s1. The molecule has 1 heterocycles. The highest BCUT2D eigenvalue weighted by Crippen LogP contribution is 2.14. The van der Waals surface area contributed by atoms with E-state index in [0.717, 1.165) is 12.8 Å². The van der Waals surface area contributed by atoms with Gasteiger partial charge in [0.1, 0.15) is 5.76 Å². The fourth-order valence-corrected chi connectivity index (χ4v) is 1.89. The Morgan fingerprint density at radius 2 is 2.25 bits per heavy atom. The van der Waals surface area contributed by atoms with Crippen molar-refractivity contribution in [1.29, 1.82) is 0 Å². The van der Waals surface area contributed by atoms with Gasteiger partial charge in [-0.1, -0.05) is 13.3 Å². The van der Waals surface area contributed by atoms with Crippen LogP contribution in [-0.4, -0.2) is 24.5 Å². The van der Waals surface area contributed by atoms with Gasteiger partial charge in [0.25, 0.3) is 5.91 Å². The van der Waals surface area contributed by atoms with Crippen LogP contribution >= 0.6 is 15.9 Å². The van der Waals surface area contributed by atoms with E-state index < -0.39 is 5.97 Å². The summed E-state index contributed by atoms with van der Waals surface area (Å²) in [6.07, 6.45) is 4.58. The summed E-state index contributed by atoms with van der Waals surface area (Å²) in [7, 11) is 0. The summed E-state index contributed by atoms with van der Waals surface area (Å²) >= 11 is 3.15. The maximum Gasteiger partial charge on any atom is 0.331 e. The van der Waals surface area contributed by atoms with E-state index >= 15 is 0 Å². The van der Waals surface area contributed by atoms with Crippen LogP contribution in [0.5, 0.6) is 0 Å². The summed E-state index contributed by atoms with van der Waals surface area (Å²) in [5, 5.41) is 2.75. The van der Waals surface area contributed by atoms with Gasteiger partial charge in [-0.2, -0.15) is 0 Å². The molecule has 1 aromatic rings. The van der Waals surface area contributed by atoms with Crippen molar-refractivity contribution in [2.45, 2.75) is 32.7 Å². The van der Waals surface area contributed by atoms with Gasteiger partial charge in [0.2, 0.25) is 0 Å². The number of carbonyl (C=O) groups is 2. The largest absolute Gasteiger partial charge is 0.452 e. The van der Waals surface area contributed by atoms with Gasteiger partial charge < -0.3 is 14.5 Å². The van der Waals surface area contributed by atoms with Gasteiger partial charge in [-0.15, -0.1) is 0 Å². The Kier molecular flexibility index (Phi) is 7.08. The molecular weight excluding hydrogens is 326 g/mol. The van der Waals surface area contributed by atoms with E-state index in [-0.39, 0.29) is 18.6 Å². The quantitative estimate of drug-likeness (QED) is 0.610. The third kappa shape index (κ3) is 6.56. The summed E-state index contributed by atoms with van der Waals surface area (Å²) in [5.74, 6) is -0.362. The fourth-order valence-electron chi connectivity index (χ4n) is 1.57. The minimum Gasteiger partial charge on any atom is -0.452 e. The zero-order chi connectivity index (χ0) is 15.0. The van der Waals surface area contributed by atoms with Crippen LogP contribution in [0.3, 0.4) is 0 Å². The molecule has 0 saturated carbocycles. The Labute approximate surface area is 126 Å². The van der Waals surface area contributed by atoms with Crippen molar-refractivity contribution in [3.05, 3.63) is 28.6 Å². The van der Waals surface area contributed by atoms with Gasteiger partial charge in [-0.3, -0.25) is 4.79 Å². The molecule has 5 nitrogen and oxygen atoms in total. The number of rotatable bonds is 7. The van der Waals surface area contributed by atoms with Gasteiger partial charge >= 0.3 is 5.97 Å². The molecule has 0 fully saturated rings. The second-order valence-electron chi connectivity index (χ2n) is 4.34. The van der Waals surface area contributed by atoms with E-state index in [1.165, 1.54) is 12.2 Å². The van der Waals surface area contributed by atoms with Crippen LogP contribution in [-0.2, 0) is 14.3 Å². The number of hydrogen-bond donors (Lipinski definition) is 1. The van der Waals surface area contributed by atoms with Crippen LogP contribution in [0.15, 0.2) is 27.3 Å². The molecule has 0 saturated heterocycles. The van der Waals surface area contributed by atoms with Crippen molar-refractivity contribution in [1.82, 2.24) is 5.32 Å². The predicted octanol–water partition coefficient (Wildman–Crippen LogP) is 2.90. The van der Waals surface area contributed by atoms with E-state index in [0.29, 0.717) is 10.4 Å². The van der Waals surface area contributed by atoms with Crippen molar-refractivity contribution < 1.29 is 18.7 Å². The monoisotopic (exact) mass is 343 g/mol. The van der Waals surface area contributed by atoms with E-state index in [1.807, 2.05) is 13.8 Å². The molecule has 0 aliphatic rings. The molecule has 6 heteroatoms. The summed E-state index contributed by atoms with van der Waals surface area (Å²) in [6.45, 7) is 3.68. The van der Waals surface area contributed by atoms with Crippen LogP contribution in [0, 0.1) is 0 Å². The Morgan fingerprint density at radius 1 is 1.50 bits per heavy atom. The Hall–Kier alpha value is -1.56. The van der Waals surface area contributed by atoms with Crippen LogP contribution in [0.1, 0.15) is 32.4 Å². The van der Waals surface area contributed by atoms with Crippen molar-refractivity contribution >= 4 is 33.9 Å². The Balaban J connectivity index is 2.29. The number of amides is 1. The Morgan fingerprint density at radius 3 is 2.85 bits per heavy atom. The van der Waals surface area contributed by atoms with Crippen molar-refractivity contribution in [3.8, 4) is 0 Å². The van der Waals surface area contributed by atoms with Gasteiger partial charge in [0.15, 0.2) is 11.3 Å². The summed E-state index contributed by atoms with van der Waals surface area (Å²) in [5.41, 5.74) is 0. The highest BCUT2D eigenvalue weighted by Gasteiger charge is 2.08. The number of nitrogens with one attached hydrogen (secondary N) is 1. The molecule has 0 unspecified atom stereocenters. The van der Waals surface area contributed by atoms with Crippen molar-refractivity contribution in [3.63, 3.8) is 0 Å². The maximum atomic E-state index is 11.5. The van der Waals surface area contributed by atoms with Crippen LogP contribution in [0.4, 0.5) is 0 Å². The van der Waals surface area contributed by atoms with Crippen LogP contribution in [0.25, 0.3) is 6.08 Å². The van der Waals surface area contributed by atoms with E-state index in [4.69, 9.17) is 9.15 Å². The smallest absolute Gasteiger partial charge is 0.331 e. The molecular formula is C14H18BrNO4. The second kappa shape index (κ2) is 8.58. The van der Waals surface area contributed by atoms with Crippen molar-refractivity contribution in [2.75, 3.05) is 6.61 Å². The minimum absolute atomic E-state index is 0.0854. The van der Waals surface area contributed by atoms with Gasteiger partial charge in [0.05, 0.1) is 0 Å². The average Bonchev–Trinajstić information content (AvgIpc) is 2.80. The molecule has 1 rings (SSSR count). The van der Waals surface area contributed by atoms with E-state index in [1.54, 1.807) is 12.1 Å². The lowest BCUT2D eigenvalue weighted by Gasteiger charge is -2.12. The molecule has 20 heavy (non-hydrogen) atoms. The predicted molar refractivity (Wildman–Crippen MR) is 78.9 cm³/mol.